The molecule has 2 fully saturated rings. The standard InChI is InChI=1S/C22H33FN4O.HI/c1-3-24-22(25-14-17-10-9-16(2)20(23)13-17)26-19-11-12-27(15-19)21(28)18-7-5-4-6-8-18;/h9-10,13,18-19H,3-8,11-12,14-15H2,1-2H3,(H2,24,25,26);1H. The Labute approximate surface area is 190 Å². The van der Waals surface area contributed by atoms with E-state index in [0.717, 1.165) is 50.4 Å². The number of likely N-dealkylation sites (tertiary alicyclic amines) is 1. The van der Waals surface area contributed by atoms with E-state index in [4.69, 9.17) is 0 Å². The summed E-state index contributed by atoms with van der Waals surface area (Å²) < 4.78 is 13.7. The van der Waals surface area contributed by atoms with Crippen molar-refractivity contribution in [3.63, 3.8) is 0 Å². The zero-order valence-corrected chi connectivity index (χ0v) is 19.9. The fraction of sp³-hybridized carbons (Fsp3) is 0.636. The maximum atomic E-state index is 13.7. The Morgan fingerprint density at radius 2 is 2.00 bits per heavy atom. The van der Waals surface area contributed by atoms with Gasteiger partial charge in [-0.3, -0.25) is 4.79 Å². The average Bonchev–Trinajstić information content (AvgIpc) is 3.17. The lowest BCUT2D eigenvalue weighted by Crippen LogP contribution is -2.45. The molecule has 5 nitrogen and oxygen atoms in total. The highest BCUT2D eigenvalue weighted by Crippen LogP contribution is 2.26. The van der Waals surface area contributed by atoms with Crippen LogP contribution in [0, 0.1) is 18.7 Å². The Bertz CT molecular complexity index is 706. The molecule has 162 valence electrons. The van der Waals surface area contributed by atoms with Gasteiger partial charge in [0.15, 0.2) is 5.96 Å². The number of carbonyl (C=O) groups excluding carboxylic acids is 1. The summed E-state index contributed by atoms with van der Waals surface area (Å²) in [5.41, 5.74) is 1.49. The van der Waals surface area contributed by atoms with Crippen LogP contribution >= 0.6 is 24.0 Å². The van der Waals surface area contributed by atoms with Gasteiger partial charge in [-0.05, 0) is 50.3 Å². The molecule has 0 aromatic heterocycles. The molecule has 1 aromatic rings. The van der Waals surface area contributed by atoms with Gasteiger partial charge in [-0.2, -0.15) is 0 Å². The smallest absolute Gasteiger partial charge is 0.225 e. The van der Waals surface area contributed by atoms with Gasteiger partial charge in [-0.1, -0.05) is 31.4 Å². The van der Waals surface area contributed by atoms with Crippen LogP contribution < -0.4 is 10.6 Å². The van der Waals surface area contributed by atoms with Gasteiger partial charge in [-0.25, -0.2) is 9.38 Å². The molecular formula is C22H34FIN4O. The van der Waals surface area contributed by atoms with Crippen LogP contribution in [0.5, 0.6) is 0 Å². The molecule has 1 heterocycles. The molecule has 1 saturated carbocycles. The van der Waals surface area contributed by atoms with Crippen LogP contribution in [0.15, 0.2) is 23.2 Å². The van der Waals surface area contributed by atoms with Crippen molar-refractivity contribution in [1.29, 1.82) is 0 Å². The average molecular weight is 516 g/mol. The third kappa shape index (κ3) is 6.83. The van der Waals surface area contributed by atoms with Crippen LogP contribution in [0.25, 0.3) is 0 Å². The third-order valence-corrected chi connectivity index (χ3v) is 5.80. The third-order valence-electron chi connectivity index (χ3n) is 5.80. The van der Waals surface area contributed by atoms with Crippen molar-refractivity contribution in [2.45, 2.75) is 65.0 Å². The first-order valence-corrected chi connectivity index (χ1v) is 10.7. The van der Waals surface area contributed by atoms with Crippen LogP contribution in [0.1, 0.15) is 56.6 Å². The number of carbonyl (C=O) groups is 1. The summed E-state index contributed by atoms with van der Waals surface area (Å²) in [7, 11) is 0. The molecular weight excluding hydrogens is 482 g/mol. The lowest BCUT2D eigenvalue weighted by atomic mass is 9.88. The molecule has 1 unspecified atom stereocenters. The Hall–Kier alpha value is -1.38. The van der Waals surface area contributed by atoms with Crippen molar-refractivity contribution in [2.75, 3.05) is 19.6 Å². The Morgan fingerprint density at radius 3 is 2.69 bits per heavy atom. The number of hydrogen-bond donors (Lipinski definition) is 2. The predicted octanol–water partition coefficient (Wildman–Crippen LogP) is 3.99. The van der Waals surface area contributed by atoms with Crippen molar-refractivity contribution in [3.05, 3.63) is 35.1 Å². The van der Waals surface area contributed by atoms with Crippen LogP contribution in [0.2, 0.25) is 0 Å². The van der Waals surface area contributed by atoms with Crippen LogP contribution in [-0.4, -0.2) is 42.4 Å². The van der Waals surface area contributed by atoms with Crippen molar-refractivity contribution in [2.24, 2.45) is 10.9 Å². The van der Waals surface area contributed by atoms with E-state index in [-0.39, 0.29) is 41.8 Å². The van der Waals surface area contributed by atoms with Gasteiger partial charge in [0, 0.05) is 31.6 Å². The number of amides is 1. The summed E-state index contributed by atoms with van der Waals surface area (Å²) in [6.07, 6.45) is 6.66. The molecule has 29 heavy (non-hydrogen) atoms. The quantitative estimate of drug-likeness (QED) is 0.354. The van der Waals surface area contributed by atoms with E-state index < -0.39 is 0 Å². The molecule has 1 aliphatic heterocycles. The molecule has 0 spiro atoms. The SMILES string of the molecule is CCNC(=NCc1ccc(C)c(F)c1)NC1CCN(C(=O)C2CCCCC2)C1.I. The predicted molar refractivity (Wildman–Crippen MR) is 126 cm³/mol. The highest BCUT2D eigenvalue weighted by molar-refractivity contribution is 14.0. The summed E-state index contributed by atoms with van der Waals surface area (Å²) in [5, 5.41) is 6.71. The van der Waals surface area contributed by atoms with E-state index in [2.05, 4.69) is 15.6 Å². The van der Waals surface area contributed by atoms with E-state index in [0.29, 0.717) is 18.0 Å². The second-order valence-electron chi connectivity index (χ2n) is 8.03. The maximum absolute atomic E-state index is 13.7. The monoisotopic (exact) mass is 516 g/mol. The summed E-state index contributed by atoms with van der Waals surface area (Å²) in [6.45, 7) is 6.51. The number of nitrogens with one attached hydrogen (secondary N) is 2. The van der Waals surface area contributed by atoms with Gasteiger partial charge in [-0.15, -0.1) is 24.0 Å². The normalized spacial score (nSPS) is 20.3. The van der Waals surface area contributed by atoms with E-state index in [1.807, 2.05) is 17.9 Å². The molecule has 1 aromatic carbocycles. The maximum Gasteiger partial charge on any atom is 0.225 e. The van der Waals surface area contributed by atoms with Crippen molar-refractivity contribution < 1.29 is 9.18 Å². The van der Waals surface area contributed by atoms with Gasteiger partial charge in [0.05, 0.1) is 6.54 Å². The topological polar surface area (TPSA) is 56.7 Å². The Kier molecular flexibility index (Phi) is 9.65. The van der Waals surface area contributed by atoms with E-state index in [1.165, 1.54) is 19.3 Å². The van der Waals surface area contributed by atoms with Crippen molar-refractivity contribution in [1.82, 2.24) is 15.5 Å². The zero-order chi connectivity index (χ0) is 19.9. The number of nitrogens with zero attached hydrogens (tertiary/aromatic N) is 2. The highest BCUT2D eigenvalue weighted by Gasteiger charge is 2.31. The number of benzene rings is 1. The molecule has 2 aliphatic rings. The second-order valence-corrected chi connectivity index (χ2v) is 8.03. The summed E-state index contributed by atoms with van der Waals surface area (Å²) >= 11 is 0. The summed E-state index contributed by atoms with van der Waals surface area (Å²) in [4.78, 5) is 19.4. The fourth-order valence-corrected chi connectivity index (χ4v) is 4.10. The number of aryl methyl sites for hydroxylation is 1. The molecule has 3 rings (SSSR count). The minimum absolute atomic E-state index is 0. The zero-order valence-electron chi connectivity index (χ0n) is 17.5. The Morgan fingerprint density at radius 1 is 1.24 bits per heavy atom. The van der Waals surface area contributed by atoms with E-state index in [1.54, 1.807) is 19.1 Å². The van der Waals surface area contributed by atoms with Crippen molar-refractivity contribution in [3.8, 4) is 0 Å². The summed E-state index contributed by atoms with van der Waals surface area (Å²) in [6, 6.07) is 5.44. The minimum Gasteiger partial charge on any atom is -0.357 e. The van der Waals surface area contributed by atoms with Gasteiger partial charge in [0.2, 0.25) is 5.91 Å². The molecule has 1 aliphatic carbocycles. The first-order valence-electron chi connectivity index (χ1n) is 10.7. The molecule has 1 saturated heterocycles. The number of guanidine groups is 1. The first kappa shape index (κ1) is 23.9. The largest absolute Gasteiger partial charge is 0.357 e. The number of halogens is 2. The lowest BCUT2D eigenvalue weighted by molar-refractivity contribution is -0.135. The molecule has 1 amide bonds. The fourth-order valence-electron chi connectivity index (χ4n) is 4.10. The van der Waals surface area contributed by atoms with E-state index >= 15 is 0 Å². The molecule has 0 bridgehead atoms. The second kappa shape index (κ2) is 11.7. The molecule has 7 heteroatoms. The van der Waals surface area contributed by atoms with Gasteiger partial charge in [0.25, 0.3) is 0 Å². The number of rotatable bonds is 5. The van der Waals surface area contributed by atoms with Crippen LogP contribution in [0.3, 0.4) is 0 Å². The van der Waals surface area contributed by atoms with Gasteiger partial charge in [0.1, 0.15) is 5.82 Å². The van der Waals surface area contributed by atoms with Crippen LogP contribution in [-0.2, 0) is 11.3 Å². The lowest BCUT2D eigenvalue weighted by Gasteiger charge is -2.26. The van der Waals surface area contributed by atoms with E-state index in [9.17, 15) is 9.18 Å². The first-order chi connectivity index (χ1) is 13.6. The molecule has 2 N–H and O–H groups in total. The molecule has 1 atom stereocenters. The number of hydrogen-bond acceptors (Lipinski definition) is 2. The highest BCUT2D eigenvalue weighted by atomic mass is 127. The number of aliphatic imine (C=N–C) groups is 1. The van der Waals surface area contributed by atoms with Crippen molar-refractivity contribution >= 4 is 35.8 Å². The van der Waals surface area contributed by atoms with Gasteiger partial charge >= 0.3 is 0 Å². The minimum atomic E-state index is -0.196. The van der Waals surface area contributed by atoms with Crippen LogP contribution in [0.4, 0.5) is 4.39 Å². The molecule has 0 radical (unpaired) electrons. The van der Waals surface area contributed by atoms with Gasteiger partial charge < -0.3 is 15.5 Å². The summed E-state index contributed by atoms with van der Waals surface area (Å²) in [5.74, 6) is 1.09. The Balaban J connectivity index is 0.00000300.